The Balaban J connectivity index is 1.57. The lowest BCUT2D eigenvalue weighted by atomic mass is 9.60. The molecule has 1 fully saturated rings. The molecule has 124 valence electrons. The second-order valence-corrected chi connectivity index (χ2v) is 7.42. The van der Waals surface area contributed by atoms with Crippen molar-refractivity contribution >= 4 is 23.4 Å². The lowest BCUT2D eigenvalue weighted by Crippen LogP contribution is -2.38. The Morgan fingerprint density at radius 1 is 0.840 bits per heavy atom. The van der Waals surface area contributed by atoms with Gasteiger partial charge in [-0.05, 0) is 16.7 Å². The van der Waals surface area contributed by atoms with Crippen molar-refractivity contribution in [2.75, 3.05) is 0 Å². The van der Waals surface area contributed by atoms with E-state index in [2.05, 4.69) is 6.07 Å². The largest absolute Gasteiger partial charge is 0.278 e. The smallest absolute Gasteiger partial charge is 0.234 e. The first kappa shape index (κ1) is 14.9. The lowest BCUT2D eigenvalue weighted by molar-refractivity contribution is -0.140. The fourth-order valence-electron chi connectivity index (χ4n) is 4.70. The molecule has 2 amide bonds. The van der Waals surface area contributed by atoms with E-state index in [9.17, 15) is 9.59 Å². The third kappa shape index (κ3) is 1.99. The predicted molar refractivity (Wildman–Crippen MR) is 94.8 cm³/mol. The number of rotatable bonds is 2. The Bertz CT molecular complexity index is 921. The SMILES string of the molecule is O=C1[C@H]2[C@H](C(=O)N1Cc1ccccc1)[C@H]1C(Cl)=C[C@H]2c2ccccc21. The van der Waals surface area contributed by atoms with E-state index in [4.69, 9.17) is 11.6 Å². The quantitative estimate of drug-likeness (QED) is 0.773. The summed E-state index contributed by atoms with van der Waals surface area (Å²) in [5, 5.41) is 0.702. The molecule has 0 N–H and O–H groups in total. The monoisotopic (exact) mass is 349 g/mol. The summed E-state index contributed by atoms with van der Waals surface area (Å²) in [5.41, 5.74) is 3.21. The Labute approximate surface area is 150 Å². The van der Waals surface area contributed by atoms with Gasteiger partial charge in [0.1, 0.15) is 0 Å². The molecule has 0 radical (unpaired) electrons. The number of benzene rings is 2. The van der Waals surface area contributed by atoms with Crippen LogP contribution in [0.1, 0.15) is 28.5 Å². The van der Waals surface area contributed by atoms with Gasteiger partial charge >= 0.3 is 0 Å². The molecule has 4 heteroatoms. The standard InChI is InChI=1S/C21H16ClNO2/c22-16-10-15-13-8-4-5-9-14(13)17(16)19-18(15)20(24)23(21(19)25)11-12-6-2-1-3-7-12/h1-10,15,17-19H,11H2/t15-,17+,18+,19+/m0/s1. The maximum absolute atomic E-state index is 13.1. The molecule has 1 aliphatic heterocycles. The Kier molecular flexibility index (Phi) is 3.16. The van der Waals surface area contributed by atoms with Gasteiger partial charge in [0.2, 0.25) is 11.8 Å². The van der Waals surface area contributed by atoms with Gasteiger partial charge in [0, 0.05) is 16.9 Å². The molecule has 2 bridgehead atoms. The van der Waals surface area contributed by atoms with E-state index in [1.165, 1.54) is 4.90 Å². The van der Waals surface area contributed by atoms with Crippen LogP contribution in [-0.2, 0) is 16.1 Å². The van der Waals surface area contributed by atoms with Crippen molar-refractivity contribution in [1.29, 1.82) is 0 Å². The van der Waals surface area contributed by atoms with Gasteiger partial charge in [0.25, 0.3) is 0 Å². The van der Waals surface area contributed by atoms with E-state index in [0.29, 0.717) is 11.6 Å². The van der Waals surface area contributed by atoms with Gasteiger partial charge in [-0.3, -0.25) is 14.5 Å². The number of hydrogen-bond donors (Lipinski definition) is 0. The molecule has 4 aliphatic rings. The van der Waals surface area contributed by atoms with Crippen molar-refractivity contribution in [3.63, 3.8) is 0 Å². The van der Waals surface area contributed by atoms with E-state index in [1.807, 2.05) is 54.6 Å². The molecule has 2 aromatic carbocycles. The van der Waals surface area contributed by atoms with Gasteiger partial charge in [0.15, 0.2) is 0 Å². The molecular formula is C21H16ClNO2. The number of halogens is 1. The first-order chi connectivity index (χ1) is 12.2. The van der Waals surface area contributed by atoms with Crippen LogP contribution in [-0.4, -0.2) is 16.7 Å². The third-order valence-corrected chi connectivity index (χ3v) is 6.11. The maximum Gasteiger partial charge on any atom is 0.234 e. The van der Waals surface area contributed by atoms with Gasteiger partial charge in [-0.25, -0.2) is 0 Å². The van der Waals surface area contributed by atoms with Crippen molar-refractivity contribution in [2.45, 2.75) is 18.4 Å². The highest BCUT2D eigenvalue weighted by molar-refractivity contribution is 6.31. The zero-order chi connectivity index (χ0) is 17.1. The molecule has 25 heavy (non-hydrogen) atoms. The number of nitrogens with zero attached hydrogens (tertiary/aromatic N) is 1. The topological polar surface area (TPSA) is 37.4 Å². The second-order valence-electron chi connectivity index (χ2n) is 6.98. The van der Waals surface area contributed by atoms with E-state index < -0.39 is 0 Å². The van der Waals surface area contributed by atoms with Crippen LogP contribution in [0.25, 0.3) is 0 Å². The number of hydrogen-bond acceptors (Lipinski definition) is 2. The average molecular weight is 350 g/mol. The van der Waals surface area contributed by atoms with Crippen molar-refractivity contribution < 1.29 is 9.59 Å². The van der Waals surface area contributed by atoms with Crippen LogP contribution in [0, 0.1) is 11.8 Å². The molecular weight excluding hydrogens is 334 g/mol. The summed E-state index contributed by atoms with van der Waals surface area (Å²) in [4.78, 5) is 27.6. The van der Waals surface area contributed by atoms with Crippen molar-refractivity contribution in [3.05, 3.63) is 82.4 Å². The van der Waals surface area contributed by atoms with E-state index in [-0.39, 0.29) is 35.5 Å². The summed E-state index contributed by atoms with van der Waals surface area (Å²) < 4.78 is 0. The summed E-state index contributed by atoms with van der Waals surface area (Å²) in [5.74, 6) is -1.13. The molecule has 1 saturated heterocycles. The predicted octanol–water partition coefficient (Wildman–Crippen LogP) is 3.81. The fourth-order valence-corrected chi connectivity index (χ4v) is 5.09. The Morgan fingerprint density at radius 2 is 1.48 bits per heavy atom. The molecule has 6 rings (SSSR count). The number of allylic oxidation sites excluding steroid dienone is 2. The summed E-state index contributed by atoms with van der Waals surface area (Å²) in [6, 6.07) is 17.7. The minimum absolute atomic E-state index is 0.0660. The summed E-state index contributed by atoms with van der Waals surface area (Å²) in [6.45, 7) is 0.332. The molecule has 1 heterocycles. The summed E-state index contributed by atoms with van der Waals surface area (Å²) in [6.07, 6.45) is 1.98. The highest BCUT2D eigenvalue weighted by Gasteiger charge is 2.59. The molecule has 0 saturated carbocycles. The number of carbonyl (C=O) groups is 2. The normalized spacial score (nSPS) is 29.5. The van der Waals surface area contributed by atoms with Crippen molar-refractivity contribution in [1.82, 2.24) is 4.90 Å². The molecule has 2 aromatic rings. The highest BCUT2D eigenvalue weighted by Crippen LogP contribution is 2.59. The van der Waals surface area contributed by atoms with E-state index in [1.54, 1.807) is 0 Å². The zero-order valence-electron chi connectivity index (χ0n) is 13.4. The average Bonchev–Trinajstić information content (AvgIpc) is 2.89. The first-order valence-corrected chi connectivity index (χ1v) is 8.90. The molecule has 3 aliphatic carbocycles. The van der Waals surface area contributed by atoms with Crippen molar-refractivity contribution in [2.24, 2.45) is 11.8 Å². The maximum atomic E-state index is 13.1. The summed E-state index contributed by atoms with van der Waals surface area (Å²) >= 11 is 6.51. The molecule has 0 spiro atoms. The van der Waals surface area contributed by atoms with Crippen LogP contribution >= 0.6 is 11.6 Å². The van der Waals surface area contributed by atoms with Gasteiger partial charge in [-0.1, -0.05) is 72.3 Å². The number of amides is 2. The van der Waals surface area contributed by atoms with E-state index >= 15 is 0 Å². The van der Waals surface area contributed by atoms with Crippen LogP contribution in [0.3, 0.4) is 0 Å². The Morgan fingerprint density at radius 3 is 2.24 bits per heavy atom. The minimum Gasteiger partial charge on any atom is -0.278 e. The van der Waals surface area contributed by atoms with Gasteiger partial charge < -0.3 is 0 Å². The van der Waals surface area contributed by atoms with Gasteiger partial charge in [-0.2, -0.15) is 0 Å². The van der Waals surface area contributed by atoms with Crippen LogP contribution in [0.4, 0.5) is 0 Å². The second kappa shape index (κ2) is 5.30. The number of likely N-dealkylation sites (tertiary alicyclic amines) is 1. The molecule has 0 unspecified atom stereocenters. The summed E-state index contributed by atoms with van der Waals surface area (Å²) in [7, 11) is 0. The van der Waals surface area contributed by atoms with Crippen LogP contribution < -0.4 is 0 Å². The van der Waals surface area contributed by atoms with Crippen molar-refractivity contribution in [3.8, 4) is 0 Å². The number of carbonyl (C=O) groups excluding carboxylic acids is 2. The fraction of sp³-hybridized carbons (Fsp3) is 0.238. The molecule has 3 nitrogen and oxygen atoms in total. The Hall–Kier alpha value is -2.39. The van der Waals surface area contributed by atoms with Crippen LogP contribution in [0.5, 0.6) is 0 Å². The highest BCUT2D eigenvalue weighted by atomic mass is 35.5. The number of imide groups is 1. The zero-order valence-corrected chi connectivity index (χ0v) is 14.2. The van der Waals surface area contributed by atoms with Gasteiger partial charge in [0.05, 0.1) is 18.4 Å². The van der Waals surface area contributed by atoms with E-state index in [0.717, 1.165) is 16.7 Å². The van der Waals surface area contributed by atoms with Crippen LogP contribution in [0.2, 0.25) is 0 Å². The van der Waals surface area contributed by atoms with Gasteiger partial charge in [-0.15, -0.1) is 0 Å². The van der Waals surface area contributed by atoms with Crippen LogP contribution in [0.15, 0.2) is 65.7 Å². The minimum atomic E-state index is -0.367. The third-order valence-electron chi connectivity index (χ3n) is 5.74. The first-order valence-electron chi connectivity index (χ1n) is 8.52. The lowest BCUT2D eigenvalue weighted by Gasteiger charge is -2.42. The molecule has 4 atom stereocenters. The molecule has 0 aromatic heterocycles.